The molecule has 0 saturated heterocycles. The first kappa shape index (κ1) is 20.7. The Morgan fingerprint density at radius 3 is 2.07 bits per heavy atom. The topological polar surface area (TPSA) is 67.8 Å². The van der Waals surface area contributed by atoms with E-state index in [0.717, 1.165) is 0 Å². The third-order valence-electron chi connectivity index (χ3n) is 3.85. The van der Waals surface area contributed by atoms with Gasteiger partial charge in [0.1, 0.15) is 5.92 Å². The number of esters is 1. The Labute approximate surface area is 149 Å². The summed E-state index contributed by atoms with van der Waals surface area (Å²) in [5.74, 6) is -2.28. The van der Waals surface area contributed by atoms with Gasteiger partial charge in [-0.05, 0) is 37.6 Å². The number of nitrogens with one attached hydrogen (secondary N) is 1. The van der Waals surface area contributed by atoms with E-state index < -0.39 is 53.0 Å². The number of ether oxygens (including phenoxy) is 1. The lowest BCUT2D eigenvalue weighted by molar-refractivity contribution is -0.146. The van der Waals surface area contributed by atoms with E-state index in [1.807, 2.05) is 0 Å². The Kier molecular flexibility index (Phi) is 5.52. The average Bonchev–Trinajstić information content (AvgIpc) is 2.52. The molecule has 148 valence electrons. The summed E-state index contributed by atoms with van der Waals surface area (Å²) in [6, 6.07) is -1.58. The van der Waals surface area contributed by atoms with Crippen LogP contribution in [0.5, 0.6) is 0 Å². The number of amides is 2. The number of urea groups is 1. The van der Waals surface area contributed by atoms with Crippen molar-refractivity contribution in [3.05, 3.63) is 34.9 Å². The van der Waals surface area contributed by atoms with Crippen molar-refractivity contribution in [1.29, 1.82) is 0 Å². The SMILES string of the molecule is CCOC(=O)C1C(C)=NC(=O)NC1c1cc(C(F)(F)F)cc(C(F)(F)F)c1. The number of hydrogen-bond donors (Lipinski definition) is 1. The first-order valence-corrected chi connectivity index (χ1v) is 7.66. The van der Waals surface area contributed by atoms with Crippen LogP contribution in [0.15, 0.2) is 23.2 Å². The van der Waals surface area contributed by atoms with Crippen molar-refractivity contribution < 1.29 is 40.7 Å². The standard InChI is InChI=1S/C16H14F6N2O3/c1-3-27-13(25)11-7(2)23-14(26)24-12(11)8-4-9(15(17,18)19)6-10(5-8)16(20,21)22/h4-6,11-12H,3H2,1-2H3,(H,24,26). The molecule has 2 amide bonds. The molecule has 0 radical (unpaired) electrons. The fraction of sp³-hybridized carbons (Fsp3) is 0.438. The second-order valence-electron chi connectivity index (χ2n) is 5.75. The van der Waals surface area contributed by atoms with E-state index in [0.29, 0.717) is 12.1 Å². The Bertz CT molecular complexity index is 753. The Morgan fingerprint density at radius 2 is 1.63 bits per heavy atom. The van der Waals surface area contributed by atoms with Crippen LogP contribution >= 0.6 is 0 Å². The smallest absolute Gasteiger partial charge is 0.416 e. The number of nitrogens with zero attached hydrogens (tertiary/aromatic N) is 1. The van der Waals surface area contributed by atoms with Crippen LogP contribution in [-0.2, 0) is 21.9 Å². The molecule has 0 aromatic heterocycles. The Hall–Kier alpha value is -2.59. The average molecular weight is 396 g/mol. The van der Waals surface area contributed by atoms with Gasteiger partial charge in [0.2, 0.25) is 0 Å². The highest BCUT2D eigenvalue weighted by Gasteiger charge is 2.42. The van der Waals surface area contributed by atoms with Gasteiger partial charge in [-0.2, -0.15) is 26.3 Å². The summed E-state index contributed by atoms with van der Waals surface area (Å²) >= 11 is 0. The maximum atomic E-state index is 13.1. The van der Waals surface area contributed by atoms with Crippen LogP contribution in [0.2, 0.25) is 0 Å². The second kappa shape index (κ2) is 7.20. The lowest BCUT2D eigenvalue weighted by Crippen LogP contribution is -2.44. The van der Waals surface area contributed by atoms with E-state index in [9.17, 15) is 35.9 Å². The zero-order valence-electron chi connectivity index (χ0n) is 14.0. The molecule has 1 aliphatic heterocycles. The van der Waals surface area contributed by atoms with E-state index in [4.69, 9.17) is 4.74 Å². The molecule has 2 unspecified atom stereocenters. The van der Waals surface area contributed by atoms with Crippen molar-refractivity contribution in [2.24, 2.45) is 10.9 Å². The minimum Gasteiger partial charge on any atom is -0.465 e. The van der Waals surface area contributed by atoms with Crippen LogP contribution in [0.3, 0.4) is 0 Å². The number of aliphatic imine (C=N–C) groups is 1. The van der Waals surface area contributed by atoms with E-state index in [1.54, 1.807) is 0 Å². The number of rotatable bonds is 3. The molecule has 11 heteroatoms. The van der Waals surface area contributed by atoms with Crippen molar-refractivity contribution in [2.75, 3.05) is 6.61 Å². The number of alkyl halides is 6. The molecule has 27 heavy (non-hydrogen) atoms. The Morgan fingerprint density at radius 1 is 1.11 bits per heavy atom. The van der Waals surface area contributed by atoms with Gasteiger partial charge in [-0.1, -0.05) is 0 Å². The van der Waals surface area contributed by atoms with Crippen LogP contribution in [-0.4, -0.2) is 24.3 Å². The summed E-state index contributed by atoms with van der Waals surface area (Å²) in [5.41, 5.74) is -3.71. The summed E-state index contributed by atoms with van der Waals surface area (Å²) in [5, 5.41) is 2.15. The van der Waals surface area contributed by atoms with Gasteiger partial charge >= 0.3 is 24.4 Å². The second-order valence-corrected chi connectivity index (χ2v) is 5.75. The summed E-state index contributed by atoms with van der Waals surface area (Å²) in [7, 11) is 0. The molecule has 0 aliphatic carbocycles. The quantitative estimate of drug-likeness (QED) is 0.617. The minimum atomic E-state index is -5.06. The first-order chi connectivity index (χ1) is 12.3. The van der Waals surface area contributed by atoms with Crippen LogP contribution in [0.25, 0.3) is 0 Å². The van der Waals surface area contributed by atoms with Gasteiger partial charge in [0.15, 0.2) is 0 Å². The zero-order chi connectivity index (χ0) is 20.6. The third kappa shape index (κ3) is 4.58. The zero-order valence-corrected chi connectivity index (χ0v) is 14.0. The maximum Gasteiger partial charge on any atom is 0.416 e. The molecular formula is C16H14F6N2O3. The predicted molar refractivity (Wildman–Crippen MR) is 81.0 cm³/mol. The molecule has 0 saturated carbocycles. The Balaban J connectivity index is 2.64. The molecular weight excluding hydrogens is 382 g/mol. The van der Waals surface area contributed by atoms with Crippen LogP contribution in [0.4, 0.5) is 31.1 Å². The third-order valence-corrected chi connectivity index (χ3v) is 3.85. The molecule has 0 spiro atoms. The molecule has 1 N–H and O–H groups in total. The van der Waals surface area contributed by atoms with Crippen LogP contribution in [0.1, 0.15) is 36.6 Å². The van der Waals surface area contributed by atoms with E-state index in [2.05, 4.69) is 10.3 Å². The van der Waals surface area contributed by atoms with Gasteiger partial charge in [-0.3, -0.25) is 4.79 Å². The minimum absolute atomic E-state index is 0.0333. The van der Waals surface area contributed by atoms with Gasteiger partial charge < -0.3 is 10.1 Å². The molecule has 2 rings (SSSR count). The maximum absolute atomic E-state index is 13.1. The highest BCUT2D eigenvalue weighted by Crippen LogP contribution is 2.39. The summed E-state index contributed by atoms with van der Waals surface area (Å²) in [6.45, 7) is 2.68. The van der Waals surface area contributed by atoms with Gasteiger partial charge in [0.25, 0.3) is 0 Å². The van der Waals surface area contributed by atoms with Crippen molar-refractivity contribution in [2.45, 2.75) is 32.2 Å². The molecule has 1 heterocycles. The van der Waals surface area contributed by atoms with Crippen molar-refractivity contribution in [3.63, 3.8) is 0 Å². The molecule has 2 atom stereocenters. The molecule has 1 aromatic carbocycles. The van der Waals surface area contributed by atoms with Crippen LogP contribution < -0.4 is 5.32 Å². The predicted octanol–water partition coefficient (Wildman–Crippen LogP) is 4.13. The fourth-order valence-electron chi connectivity index (χ4n) is 2.69. The lowest BCUT2D eigenvalue weighted by atomic mass is 9.86. The molecule has 0 bridgehead atoms. The van der Waals surface area contributed by atoms with Crippen molar-refractivity contribution in [3.8, 4) is 0 Å². The number of halogens is 6. The summed E-state index contributed by atoms with van der Waals surface area (Å²) in [6.07, 6.45) is -10.1. The normalized spacial score (nSPS) is 20.7. The summed E-state index contributed by atoms with van der Waals surface area (Å²) < 4.78 is 83.2. The number of carbonyl (C=O) groups excluding carboxylic acids is 2. The lowest BCUT2D eigenvalue weighted by Gasteiger charge is -2.30. The molecule has 1 aliphatic rings. The summed E-state index contributed by atoms with van der Waals surface area (Å²) in [4.78, 5) is 27.3. The number of hydrogen-bond acceptors (Lipinski definition) is 3. The first-order valence-electron chi connectivity index (χ1n) is 7.66. The van der Waals surface area contributed by atoms with Gasteiger partial charge in [0, 0.05) is 5.71 Å². The van der Waals surface area contributed by atoms with E-state index in [1.165, 1.54) is 13.8 Å². The fourth-order valence-corrected chi connectivity index (χ4v) is 2.69. The highest BCUT2D eigenvalue weighted by molar-refractivity contribution is 6.08. The van der Waals surface area contributed by atoms with Gasteiger partial charge in [-0.25, -0.2) is 9.79 Å². The molecule has 5 nitrogen and oxygen atoms in total. The van der Waals surface area contributed by atoms with Crippen molar-refractivity contribution in [1.82, 2.24) is 5.32 Å². The number of carbonyl (C=O) groups is 2. The molecule has 1 aromatic rings. The van der Waals surface area contributed by atoms with Gasteiger partial charge in [-0.15, -0.1) is 0 Å². The van der Waals surface area contributed by atoms with Crippen LogP contribution in [0, 0.1) is 5.92 Å². The highest BCUT2D eigenvalue weighted by atomic mass is 19.4. The van der Waals surface area contributed by atoms with Crippen molar-refractivity contribution >= 4 is 17.7 Å². The van der Waals surface area contributed by atoms with Gasteiger partial charge in [0.05, 0.1) is 23.8 Å². The molecule has 0 fully saturated rings. The van der Waals surface area contributed by atoms with E-state index in [-0.39, 0.29) is 18.4 Å². The number of benzene rings is 1. The largest absolute Gasteiger partial charge is 0.465 e. The monoisotopic (exact) mass is 396 g/mol. The van der Waals surface area contributed by atoms with E-state index >= 15 is 0 Å².